The normalized spacial score (nSPS) is 23.9. The Kier molecular flexibility index (Phi) is 3.29. The molecule has 2 N–H and O–H groups in total. The first kappa shape index (κ1) is 11.6. The molecular weight excluding hydrogens is 320 g/mol. The second kappa shape index (κ2) is 4.54. The van der Waals surface area contributed by atoms with Crippen LogP contribution in [0.3, 0.4) is 0 Å². The van der Waals surface area contributed by atoms with Gasteiger partial charge in [0.25, 0.3) is 5.56 Å². The van der Waals surface area contributed by atoms with Crippen molar-refractivity contribution in [1.29, 1.82) is 0 Å². The number of nitrogens with zero attached hydrogens (tertiary/aromatic N) is 1. The molecular formula is C10H11IN2O3. The van der Waals surface area contributed by atoms with Crippen LogP contribution in [0.5, 0.6) is 0 Å². The summed E-state index contributed by atoms with van der Waals surface area (Å²) < 4.78 is 1.98. The van der Waals surface area contributed by atoms with Crippen LogP contribution in [-0.4, -0.2) is 21.3 Å². The summed E-state index contributed by atoms with van der Waals surface area (Å²) in [7, 11) is 0. The van der Waals surface area contributed by atoms with Crippen molar-refractivity contribution in [1.82, 2.24) is 9.55 Å². The van der Waals surface area contributed by atoms with Crippen molar-refractivity contribution in [3.63, 3.8) is 0 Å². The van der Waals surface area contributed by atoms with Crippen LogP contribution in [0.25, 0.3) is 0 Å². The molecule has 0 bridgehead atoms. The molecule has 1 aromatic heterocycles. The minimum absolute atomic E-state index is 0.0741. The van der Waals surface area contributed by atoms with Gasteiger partial charge in [-0.25, -0.2) is 4.79 Å². The summed E-state index contributed by atoms with van der Waals surface area (Å²) in [6.45, 7) is 0.0855. The molecule has 0 fully saturated rings. The summed E-state index contributed by atoms with van der Waals surface area (Å²) in [5.41, 5.74) is -0.763. The molecule has 5 nitrogen and oxygen atoms in total. The molecule has 0 amide bonds. The Balaban J connectivity index is 2.36. The lowest BCUT2D eigenvalue weighted by atomic mass is 10.1. The third-order valence-electron chi connectivity index (χ3n) is 2.67. The lowest BCUT2D eigenvalue weighted by Gasteiger charge is -2.13. The van der Waals surface area contributed by atoms with Crippen molar-refractivity contribution in [3.05, 3.63) is 42.8 Å². The highest BCUT2D eigenvalue weighted by atomic mass is 124. The van der Waals surface area contributed by atoms with Crippen molar-refractivity contribution in [2.45, 2.75) is 12.5 Å². The maximum Gasteiger partial charge on any atom is 0.328 e. The summed E-state index contributed by atoms with van der Waals surface area (Å²) in [5, 5.41) is 9.00. The van der Waals surface area contributed by atoms with E-state index in [1.807, 2.05) is 34.7 Å². The Bertz CT molecular complexity index is 532. The van der Waals surface area contributed by atoms with E-state index >= 15 is 0 Å². The second-order valence-corrected chi connectivity index (χ2v) is 4.94. The van der Waals surface area contributed by atoms with E-state index in [-0.39, 0.29) is 24.1 Å². The van der Waals surface area contributed by atoms with Gasteiger partial charge in [0, 0.05) is 18.7 Å². The number of rotatable bonds is 2. The second-order valence-electron chi connectivity index (χ2n) is 3.77. The van der Waals surface area contributed by atoms with Crippen LogP contribution < -0.4 is 11.2 Å². The predicted molar refractivity (Wildman–Crippen MR) is 67.4 cm³/mol. The Labute approximate surface area is 105 Å². The Morgan fingerprint density at radius 3 is 2.88 bits per heavy atom. The minimum atomic E-state index is -0.404. The van der Waals surface area contributed by atoms with E-state index in [4.69, 9.17) is 5.11 Å². The fraction of sp³-hybridized carbons (Fsp3) is 0.400. The minimum Gasteiger partial charge on any atom is -0.396 e. The van der Waals surface area contributed by atoms with Gasteiger partial charge in [0.2, 0.25) is 0 Å². The Hall–Kier alpha value is -0.890. The molecule has 0 radical (unpaired) electrons. The monoisotopic (exact) mass is 331 g/mol. The van der Waals surface area contributed by atoms with Gasteiger partial charge < -0.3 is 5.11 Å². The SMILES string of the molecule is O=c1[nH]c(=O)n([C@H]2C=C[C@@H](CO)C2)cc1[124I]. The molecule has 2 rings (SSSR count). The first-order valence-electron chi connectivity index (χ1n) is 4.92. The van der Waals surface area contributed by atoms with Crippen molar-refractivity contribution in [2.24, 2.45) is 5.92 Å². The van der Waals surface area contributed by atoms with Crippen LogP contribution in [0.4, 0.5) is 0 Å². The number of aliphatic hydroxyl groups excluding tert-OH is 1. The molecule has 0 saturated carbocycles. The number of aliphatic hydroxyl groups is 1. The number of aromatic amines is 1. The third-order valence-corrected chi connectivity index (χ3v) is 3.43. The first-order valence-corrected chi connectivity index (χ1v) is 6.00. The lowest BCUT2D eigenvalue weighted by molar-refractivity contribution is 0.243. The molecule has 1 heterocycles. The summed E-state index contributed by atoms with van der Waals surface area (Å²) >= 11 is 1.89. The average Bonchev–Trinajstić information content (AvgIpc) is 2.71. The van der Waals surface area contributed by atoms with Gasteiger partial charge in [-0.05, 0) is 29.0 Å². The van der Waals surface area contributed by atoms with Crippen LogP contribution in [0.2, 0.25) is 0 Å². The van der Waals surface area contributed by atoms with Gasteiger partial charge in [0.15, 0.2) is 0 Å². The highest BCUT2D eigenvalue weighted by Crippen LogP contribution is 2.25. The predicted octanol–water partition coefficient (Wildman–Crippen LogP) is 0.251. The molecule has 1 aromatic rings. The third kappa shape index (κ3) is 2.12. The van der Waals surface area contributed by atoms with Gasteiger partial charge in [0.1, 0.15) is 0 Å². The molecule has 0 unspecified atom stereocenters. The zero-order valence-electron chi connectivity index (χ0n) is 8.39. The number of hydrogen-bond donors (Lipinski definition) is 2. The number of allylic oxidation sites excluding steroid dienone is 1. The zero-order valence-corrected chi connectivity index (χ0v) is 10.5. The summed E-state index contributed by atoms with van der Waals surface area (Å²) in [6.07, 6.45) is 6.03. The van der Waals surface area contributed by atoms with Crippen molar-refractivity contribution < 1.29 is 5.11 Å². The largest absolute Gasteiger partial charge is 0.396 e. The molecule has 0 aliphatic heterocycles. The van der Waals surface area contributed by atoms with Crippen molar-refractivity contribution in [2.75, 3.05) is 6.61 Å². The van der Waals surface area contributed by atoms with E-state index in [0.29, 0.717) is 9.99 Å². The molecule has 86 valence electrons. The van der Waals surface area contributed by atoms with E-state index < -0.39 is 5.69 Å². The van der Waals surface area contributed by atoms with E-state index in [9.17, 15) is 9.59 Å². The molecule has 1 aliphatic carbocycles. The Morgan fingerprint density at radius 2 is 2.25 bits per heavy atom. The molecule has 6 heteroatoms. The molecule has 0 aromatic carbocycles. The average molecular weight is 331 g/mol. The van der Waals surface area contributed by atoms with E-state index in [1.165, 1.54) is 4.57 Å². The van der Waals surface area contributed by atoms with Gasteiger partial charge in [-0.1, -0.05) is 12.2 Å². The molecule has 16 heavy (non-hydrogen) atoms. The molecule has 0 saturated heterocycles. The van der Waals surface area contributed by atoms with Crippen LogP contribution in [0.1, 0.15) is 12.5 Å². The number of H-pyrrole nitrogens is 1. The van der Waals surface area contributed by atoms with Gasteiger partial charge in [0.05, 0.1) is 9.61 Å². The number of nitrogens with one attached hydrogen (secondary N) is 1. The molecule has 0 spiro atoms. The highest BCUT2D eigenvalue weighted by molar-refractivity contribution is 14.1. The van der Waals surface area contributed by atoms with E-state index in [1.54, 1.807) is 6.20 Å². The number of hydrogen-bond acceptors (Lipinski definition) is 3. The zero-order chi connectivity index (χ0) is 11.7. The van der Waals surface area contributed by atoms with Gasteiger partial charge in [-0.2, -0.15) is 0 Å². The molecule has 2 atom stereocenters. The van der Waals surface area contributed by atoms with Crippen LogP contribution in [0, 0.1) is 9.49 Å². The Morgan fingerprint density at radius 1 is 1.50 bits per heavy atom. The topological polar surface area (TPSA) is 75.1 Å². The summed E-state index contributed by atoms with van der Waals surface area (Å²) in [6, 6.07) is -0.0741. The highest BCUT2D eigenvalue weighted by Gasteiger charge is 2.20. The maximum absolute atomic E-state index is 11.6. The summed E-state index contributed by atoms with van der Waals surface area (Å²) in [4.78, 5) is 25.0. The van der Waals surface area contributed by atoms with E-state index in [0.717, 1.165) is 0 Å². The van der Waals surface area contributed by atoms with Crippen LogP contribution in [-0.2, 0) is 0 Å². The fourth-order valence-electron chi connectivity index (χ4n) is 1.80. The van der Waals surface area contributed by atoms with Crippen molar-refractivity contribution in [3.8, 4) is 0 Å². The fourth-order valence-corrected chi connectivity index (χ4v) is 2.24. The maximum atomic E-state index is 11.6. The molecule has 1 aliphatic rings. The van der Waals surface area contributed by atoms with Gasteiger partial charge in [-0.15, -0.1) is 0 Å². The lowest BCUT2D eigenvalue weighted by Crippen LogP contribution is -2.32. The van der Waals surface area contributed by atoms with Crippen LogP contribution >= 0.6 is 22.6 Å². The van der Waals surface area contributed by atoms with Gasteiger partial charge in [-0.3, -0.25) is 14.3 Å². The first-order chi connectivity index (χ1) is 7.61. The van der Waals surface area contributed by atoms with E-state index in [2.05, 4.69) is 4.98 Å². The summed E-state index contributed by atoms with van der Waals surface area (Å²) in [5.74, 6) is 0.0986. The van der Waals surface area contributed by atoms with Crippen LogP contribution in [0.15, 0.2) is 27.9 Å². The number of aromatic nitrogens is 2. The number of halogens is 1. The van der Waals surface area contributed by atoms with Crippen molar-refractivity contribution >= 4 is 22.6 Å². The smallest absolute Gasteiger partial charge is 0.328 e. The quantitative estimate of drug-likeness (QED) is 0.603. The van der Waals surface area contributed by atoms with Gasteiger partial charge >= 0.3 is 5.69 Å². The standard InChI is InChI=1S/C10H11IN2O3/c11-8-4-13(10(16)12-9(8)15)7-2-1-6(3-7)5-14/h1-2,4,6-7,14H,3,5H2,(H,12,15,16)/t6-,7+/m1/s1/i11-3.